The van der Waals surface area contributed by atoms with Crippen LogP contribution in [0.3, 0.4) is 0 Å². The molecule has 0 saturated heterocycles. The zero-order valence-electron chi connectivity index (χ0n) is 19.5. The molecule has 36 heavy (non-hydrogen) atoms. The van der Waals surface area contributed by atoms with Crippen LogP contribution in [0.1, 0.15) is 31.0 Å². The van der Waals surface area contributed by atoms with Crippen LogP contribution in [-0.2, 0) is 9.47 Å². The number of hydrogen-bond acceptors (Lipinski definition) is 10. The molecule has 1 atom stereocenters. The number of nitrogens with zero attached hydrogens (tertiary/aromatic N) is 4. The predicted octanol–water partition coefficient (Wildman–Crippen LogP) is 5.03. The Morgan fingerprint density at radius 2 is 1.72 bits per heavy atom. The maximum atomic E-state index is 11.9. The highest BCUT2D eigenvalue weighted by molar-refractivity contribution is 5.86. The van der Waals surface area contributed by atoms with Crippen molar-refractivity contribution in [3.05, 3.63) is 94.4 Å². The minimum atomic E-state index is -0.859. The molecule has 4 aromatic rings. The van der Waals surface area contributed by atoms with Crippen molar-refractivity contribution < 1.29 is 23.9 Å². The fraction of sp³-hybridized carbons (Fsp3) is 0.200. The first-order valence-corrected chi connectivity index (χ1v) is 11.0. The lowest BCUT2D eigenvalue weighted by molar-refractivity contribution is -0.384. The lowest BCUT2D eigenvalue weighted by atomic mass is 9.96. The first-order chi connectivity index (χ1) is 17.4. The number of anilines is 1. The van der Waals surface area contributed by atoms with Crippen LogP contribution in [0, 0.1) is 10.1 Å². The molecule has 1 N–H and O–H groups in total. The van der Waals surface area contributed by atoms with Gasteiger partial charge in [0.05, 0.1) is 17.1 Å². The van der Waals surface area contributed by atoms with Crippen molar-refractivity contribution in [3.8, 4) is 5.75 Å². The highest BCUT2D eigenvalue weighted by Gasteiger charge is 2.23. The van der Waals surface area contributed by atoms with Crippen molar-refractivity contribution in [2.45, 2.75) is 26.0 Å². The van der Waals surface area contributed by atoms with Crippen molar-refractivity contribution >= 4 is 28.7 Å². The van der Waals surface area contributed by atoms with Crippen LogP contribution in [-0.4, -0.2) is 38.9 Å². The minimum Gasteiger partial charge on any atom is -0.455 e. The monoisotopic (exact) mass is 489 g/mol. The summed E-state index contributed by atoms with van der Waals surface area (Å²) < 4.78 is 16.0. The largest absolute Gasteiger partial charge is 0.511 e. The number of nitro groups is 1. The van der Waals surface area contributed by atoms with E-state index in [1.54, 1.807) is 56.7 Å². The van der Waals surface area contributed by atoms with Crippen LogP contribution in [0.2, 0.25) is 0 Å². The van der Waals surface area contributed by atoms with Crippen molar-refractivity contribution in [3.63, 3.8) is 0 Å². The van der Waals surface area contributed by atoms with Crippen LogP contribution in [0.5, 0.6) is 5.75 Å². The molecule has 0 radical (unpaired) electrons. The van der Waals surface area contributed by atoms with Gasteiger partial charge in [0.25, 0.3) is 5.69 Å². The molecule has 0 fully saturated rings. The summed E-state index contributed by atoms with van der Waals surface area (Å²) in [6.45, 7) is 3.00. The molecule has 1 unspecified atom stereocenters. The molecule has 0 spiro atoms. The Morgan fingerprint density at radius 1 is 1.00 bits per heavy atom. The number of ether oxygens (including phenoxy) is 3. The van der Waals surface area contributed by atoms with Gasteiger partial charge in [0.1, 0.15) is 5.52 Å². The van der Waals surface area contributed by atoms with E-state index in [0.717, 1.165) is 5.39 Å². The SMILES string of the molecule is CC(C)OC(=O)OCOc1c(C(Nc2ncccn2)c2ccc([N+](=O)[O-])cc2)ccc2cccnc12. The van der Waals surface area contributed by atoms with Gasteiger partial charge in [0.15, 0.2) is 5.75 Å². The highest BCUT2D eigenvalue weighted by atomic mass is 16.8. The molecule has 2 aromatic heterocycles. The van der Waals surface area contributed by atoms with Gasteiger partial charge in [0, 0.05) is 41.7 Å². The molecular weight excluding hydrogens is 466 g/mol. The standard InChI is InChI=1S/C25H23N5O6/c1-16(2)36-25(31)35-15-34-23-20(11-8-17-5-3-12-26-22(17)23)21(29-24-27-13-4-14-28-24)18-6-9-19(10-7-18)30(32)33/h3-14,16,21H,15H2,1-2H3,(H,27,28,29). The van der Waals surface area contributed by atoms with Gasteiger partial charge in [-0.25, -0.2) is 14.8 Å². The Kier molecular flexibility index (Phi) is 7.49. The van der Waals surface area contributed by atoms with E-state index in [9.17, 15) is 14.9 Å². The number of nitrogens with one attached hydrogen (secondary N) is 1. The summed E-state index contributed by atoms with van der Waals surface area (Å²) in [5.74, 6) is 0.696. The van der Waals surface area contributed by atoms with Crippen molar-refractivity contribution in [2.75, 3.05) is 12.1 Å². The fourth-order valence-corrected chi connectivity index (χ4v) is 3.51. The van der Waals surface area contributed by atoms with Gasteiger partial charge >= 0.3 is 6.16 Å². The molecule has 2 aromatic carbocycles. The maximum absolute atomic E-state index is 11.9. The number of benzene rings is 2. The minimum absolute atomic E-state index is 0.0397. The highest BCUT2D eigenvalue weighted by Crippen LogP contribution is 2.37. The maximum Gasteiger partial charge on any atom is 0.511 e. The quantitative estimate of drug-likeness (QED) is 0.147. The lowest BCUT2D eigenvalue weighted by Gasteiger charge is -2.23. The predicted molar refractivity (Wildman–Crippen MR) is 131 cm³/mol. The molecule has 0 bridgehead atoms. The number of carbonyl (C=O) groups excluding carboxylic acids is 1. The van der Waals surface area contributed by atoms with Gasteiger partial charge in [0.2, 0.25) is 12.7 Å². The van der Waals surface area contributed by atoms with Gasteiger partial charge in [-0.3, -0.25) is 15.1 Å². The zero-order valence-corrected chi connectivity index (χ0v) is 19.5. The fourth-order valence-electron chi connectivity index (χ4n) is 3.51. The average molecular weight is 489 g/mol. The van der Waals surface area contributed by atoms with E-state index in [0.29, 0.717) is 28.3 Å². The molecule has 184 valence electrons. The van der Waals surface area contributed by atoms with Crippen LogP contribution in [0.15, 0.2) is 73.2 Å². The third kappa shape index (κ3) is 5.81. The summed E-state index contributed by atoms with van der Waals surface area (Å²) in [6.07, 6.45) is 3.61. The Labute approximate surface area is 206 Å². The molecule has 4 rings (SSSR count). The second-order valence-corrected chi connectivity index (χ2v) is 7.88. The summed E-state index contributed by atoms with van der Waals surface area (Å²) in [6, 6.07) is 14.6. The van der Waals surface area contributed by atoms with E-state index in [-0.39, 0.29) is 11.8 Å². The van der Waals surface area contributed by atoms with E-state index in [4.69, 9.17) is 14.2 Å². The topological polar surface area (TPSA) is 139 Å². The van der Waals surface area contributed by atoms with Gasteiger partial charge in [-0.2, -0.15) is 0 Å². The molecular formula is C25H23N5O6. The molecule has 0 aliphatic rings. The van der Waals surface area contributed by atoms with Crippen molar-refractivity contribution in [1.82, 2.24) is 15.0 Å². The van der Waals surface area contributed by atoms with E-state index in [2.05, 4.69) is 20.3 Å². The number of aromatic nitrogens is 3. The van der Waals surface area contributed by atoms with Gasteiger partial charge < -0.3 is 19.5 Å². The molecule has 0 aliphatic heterocycles. The zero-order chi connectivity index (χ0) is 25.5. The van der Waals surface area contributed by atoms with E-state index >= 15 is 0 Å². The third-order valence-corrected chi connectivity index (χ3v) is 5.06. The number of nitro benzene ring substituents is 1. The first kappa shape index (κ1) is 24.3. The number of hydrogen-bond donors (Lipinski definition) is 1. The molecule has 0 amide bonds. The number of carbonyl (C=O) groups is 1. The second-order valence-electron chi connectivity index (χ2n) is 7.88. The molecule has 11 heteroatoms. The second kappa shape index (κ2) is 11.1. The van der Waals surface area contributed by atoms with Crippen LogP contribution < -0.4 is 10.1 Å². The Bertz CT molecular complexity index is 1350. The third-order valence-electron chi connectivity index (χ3n) is 5.06. The normalized spacial score (nSPS) is 11.6. The Balaban J connectivity index is 1.76. The van der Waals surface area contributed by atoms with Gasteiger partial charge in [-0.1, -0.05) is 18.2 Å². The van der Waals surface area contributed by atoms with E-state index < -0.39 is 23.9 Å². The number of pyridine rings is 1. The molecule has 0 saturated carbocycles. The van der Waals surface area contributed by atoms with Crippen LogP contribution in [0.4, 0.5) is 16.4 Å². The number of non-ortho nitro benzene ring substituents is 1. The summed E-state index contributed by atoms with van der Waals surface area (Å²) in [4.78, 5) is 35.5. The van der Waals surface area contributed by atoms with Crippen molar-refractivity contribution in [2.24, 2.45) is 0 Å². The van der Waals surface area contributed by atoms with Gasteiger partial charge in [-0.05, 0) is 43.7 Å². The molecule has 11 nitrogen and oxygen atoms in total. The molecule has 0 aliphatic carbocycles. The van der Waals surface area contributed by atoms with E-state index in [1.165, 1.54) is 12.1 Å². The summed E-state index contributed by atoms with van der Waals surface area (Å²) in [5.41, 5.74) is 1.82. The van der Waals surface area contributed by atoms with Crippen molar-refractivity contribution in [1.29, 1.82) is 0 Å². The van der Waals surface area contributed by atoms with Crippen LogP contribution >= 0.6 is 0 Å². The Hall–Kier alpha value is -4.80. The molecule has 2 heterocycles. The summed E-state index contributed by atoms with van der Waals surface area (Å²) in [5, 5.41) is 15.2. The van der Waals surface area contributed by atoms with Crippen LogP contribution in [0.25, 0.3) is 10.9 Å². The summed E-state index contributed by atoms with van der Waals surface area (Å²) >= 11 is 0. The smallest absolute Gasteiger partial charge is 0.455 e. The first-order valence-electron chi connectivity index (χ1n) is 11.0. The Morgan fingerprint density at radius 3 is 2.42 bits per heavy atom. The van der Waals surface area contributed by atoms with Gasteiger partial charge in [-0.15, -0.1) is 0 Å². The number of rotatable bonds is 9. The average Bonchev–Trinajstić information content (AvgIpc) is 2.88. The summed E-state index contributed by atoms with van der Waals surface area (Å²) in [7, 11) is 0. The number of fused-ring (bicyclic) bond motifs is 1. The van der Waals surface area contributed by atoms with E-state index in [1.807, 2.05) is 18.2 Å². The lowest BCUT2D eigenvalue weighted by Crippen LogP contribution is -2.18.